The molecule has 0 spiro atoms. The molecule has 2 aromatic heterocycles. The van der Waals surface area contributed by atoms with Crippen LogP contribution in [0.5, 0.6) is 0 Å². The number of hydrogen-bond acceptors (Lipinski definition) is 5. The number of hydrogen-bond donors (Lipinski definition) is 0. The Morgan fingerprint density at radius 1 is 1.41 bits per heavy atom. The van der Waals surface area contributed by atoms with Crippen LogP contribution in [0, 0.1) is 19.8 Å². The maximum atomic E-state index is 12.8. The van der Waals surface area contributed by atoms with Crippen LogP contribution in [0.1, 0.15) is 23.3 Å². The highest BCUT2D eigenvalue weighted by Crippen LogP contribution is 2.30. The molecular formula is C14H20N4O2S2. The normalized spacial score (nSPS) is 20.4. The van der Waals surface area contributed by atoms with Crippen molar-refractivity contribution in [1.82, 2.24) is 19.1 Å². The van der Waals surface area contributed by atoms with Gasteiger partial charge < -0.3 is 0 Å². The van der Waals surface area contributed by atoms with E-state index in [9.17, 15) is 8.42 Å². The SMILES string of the molecule is Cc1cc(S(=O)(=O)N2CCC[C@@H](Cn3cncn3)C2)sc1C. The van der Waals surface area contributed by atoms with Gasteiger partial charge in [-0.1, -0.05) is 0 Å². The minimum absolute atomic E-state index is 0.285. The molecule has 1 aliphatic heterocycles. The second kappa shape index (κ2) is 6.10. The summed E-state index contributed by atoms with van der Waals surface area (Å²) in [4.78, 5) is 5.00. The Morgan fingerprint density at radius 3 is 2.86 bits per heavy atom. The lowest BCUT2D eigenvalue weighted by Gasteiger charge is -2.31. The molecule has 1 fully saturated rings. The maximum Gasteiger partial charge on any atom is 0.252 e. The molecule has 120 valence electrons. The molecule has 22 heavy (non-hydrogen) atoms. The Morgan fingerprint density at radius 2 is 2.23 bits per heavy atom. The fourth-order valence-electron chi connectivity index (χ4n) is 2.78. The molecule has 0 aliphatic carbocycles. The molecule has 1 atom stereocenters. The van der Waals surface area contributed by atoms with Crippen molar-refractivity contribution in [2.75, 3.05) is 13.1 Å². The van der Waals surface area contributed by atoms with E-state index in [2.05, 4.69) is 10.1 Å². The Balaban J connectivity index is 1.76. The first-order valence-electron chi connectivity index (χ1n) is 7.36. The largest absolute Gasteiger partial charge is 0.253 e. The van der Waals surface area contributed by atoms with Gasteiger partial charge in [-0.25, -0.2) is 13.4 Å². The predicted molar refractivity (Wildman–Crippen MR) is 85.3 cm³/mol. The van der Waals surface area contributed by atoms with Crippen LogP contribution in [0.4, 0.5) is 0 Å². The summed E-state index contributed by atoms with van der Waals surface area (Å²) in [5.74, 6) is 0.285. The van der Waals surface area contributed by atoms with E-state index in [1.54, 1.807) is 21.4 Å². The van der Waals surface area contributed by atoms with Crippen LogP contribution in [0.2, 0.25) is 0 Å². The first-order chi connectivity index (χ1) is 10.5. The van der Waals surface area contributed by atoms with Gasteiger partial charge >= 0.3 is 0 Å². The van der Waals surface area contributed by atoms with E-state index in [0.717, 1.165) is 23.3 Å². The molecule has 1 aliphatic rings. The highest BCUT2D eigenvalue weighted by molar-refractivity contribution is 7.91. The van der Waals surface area contributed by atoms with E-state index in [0.29, 0.717) is 23.8 Å². The van der Waals surface area contributed by atoms with Crippen molar-refractivity contribution in [2.24, 2.45) is 5.92 Å². The van der Waals surface area contributed by atoms with Gasteiger partial charge in [0.25, 0.3) is 10.0 Å². The minimum Gasteiger partial charge on any atom is -0.253 e. The van der Waals surface area contributed by atoms with E-state index in [-0.39, 0.29) is 5.92 Å². The number of nitrogens with zero attached hydrogens (tertiary/aromatic N) is 4. The molecule has 0 radical (unpaired) electrons. The Labute approximate surface area is 134 Å². The van der Waals surface area contributed by atoms with Crippen LogP contribution in [0.15, 0.2) is 22.9 Å². The van der Waals surface area contributed by atoms with Gasteiger partial charge in [0.15, 0.2) is 0 Å². The van der Waals surface area contributed by atoms with E-state index in [1.165, 1.54) is 17.7 Å². The third-order valence-corrected chi connectivity index (χ3v) is 7.60. The van der Waals surface area contributed by atoms with Gasteiger partial charge in [-0.2, -0.15) is 9.40 Å². The zero-order valence-corrected chi connectivity index (χ0v) is 14.4. The number of piperidine rings is 1. The summed E-state index contributed by atoms with van der Waals surface area (Å²) in [5, 5.41) is 4.11. The quantitative estimate of drug-likeness (QED) is 0.854. The molecule has 0 aromatic carbocycles. The highest BCUT2D eigenvalue weighted by Gasteiger charge is 2.31. The highest BCUT2D eigenvalue weighted by atomic mass is 32.2. The van der Waals surface area contributed by atoms with Gasteiger partial charge in [-0.05, 0) is 44.2 Å². The molecule has 0 amide bonds. The molecule has 1 saturated heterocycles. The third-order valence-electron chi connectivity index (χ3n) is 4.13. The average Bonchev–Trinajstić information content (AvgIpc) is 3.10. The molecule has 6 nitrogen and oxygen atoms in total. The second-order valence-electron chi connectivity index (χ2n) is 5.79. The summed E-state index contributed by atoms with van der Waals surface area (Å²) in [6, 6.07) is 1.79. The Hall–Kier alpha value is -1.25. The zero-order valence-electron chi connectivity index (χ0n) is 12.8. The number of aryl methyl sites for hydroxylation is 2. The van der Waals surface area contributed by atoms with E-state index in [4.69, 9.17) is 0 Å². The van der Waals surface area contributed by atoms with Crippen molar-refractivity contribution < 1.29 is 8.42 Å². The van der Waals surface area contributed by atoms with E-state index >= 15 is 0 Å². The fourth-order valence-corrected chi connectivity index (χ4v) is 6.01. The minimum atomic E-state index is -3.37. The summed E-state index contributed by atoms with van der Waals surface area (Å²) in [6.07, 6.45) is 5.10. The van der Waals surface area contributed by atoms with Crippen LogP contribution < -0.4 is 0 Å². The molecule has 0 saturated carbocycles. The second-order valence-corrected chi connectivity index (χ2v) is 9.21. The summed E-state index contributed by atoms with van der Waals surface area (Å²) in [7, 11) is -3.37. The fraction of sp³-hybridized carbons (Fsp3) is 0.571. The van der Waals surface area contributed by atoms with E-state index < -0.39 is 10.0 Å². The topological polar surface area (TPSA) is 68.1 Å². The maximum absolute atomic E-state index is 12.8. The van der Waals surface area contributed by atoms with Gasteiger partial charge in [-0.3, -0.25) is 4.68 Å². The van der Waals surface area contributed by atoms with Gasteiger partial charge in [0.2, 0.25) is 0 Å². The van der Waals surface area contributed by atoms with Crippen molar-refractivity contribution in [3.8, 4) is 0 Å². The molecule has 0 bridgehead atoms. The molecule has 3 heterocycles. The lowest BCUT2D eigenvalue weighted by molar-refractivity contribution is 0.240. The summed E-state index contributed by atoms with van der Waals surface area (Å²) in [6.45, 7) is 5.79. The lowest BCUT2D eigenvalue weighted by Crippen LogP contribution is -2.40. The van der Waals surface area contributed by atoms with Crippen LogP contribution in [-0.2, 0) is 16.6 Å². The number of sulfonamides is 1. The van der Waals surface area contributed by atoms with E-state index in [1.807, 2.05) is 13.8 Å². The standard InChI is InChI=1S/C14H20N4O2S2/c1-11-6-14(21-12(11)2)22(19,20)18-5-3-4-13(8-18)7-17-10-15-9-16-17/h6,9-10,13H,3-5,7-8H2,1-2H3/t13-/m0/s1. The lowest BCUT2D eigenvalue weighted by atomic mass is 10.00. The third kappa shape index (κ3) is 3.09. The van der Waals surface area contributed by atoms with Crippen molar-refractivity contribution in [3.05, 3.63) is 29.2 Å². The number of thiophene rings is 1. The van der Waals surface area contributed by atoms with Crippen LogP contribution in [-0.4, -0.2) is 40.6 Å². The van der Waals surface area contributed by atoms with Gasteiger partial charge in [0, 0.05) is 24.5 Å². The van der Waals surface area contributed by atoms with Crippen molar-refractivity contribution in [3.63, 3.8) is 0 Å². The number of aromatic nitrogens is 3. The first-order valence-corrected chi connectivity index (χ1v) is 9.62. The predicted octanol–water partition coefficient (Wildman–Crippen LogP) is 2.06. The van der Waals surface area contributed by atoms with Crippen molar-refractivity contribution in [2.45, 2.75) is 37.4 Å². The molecule has 3 rings (SSSR count). The Bertz CT molecular complexity index is 717. The Kier molecular flexibility index (Phi) is 4.33. The monoisotopic (exact) mass is 340 g/mol. The van der Waals surface area contributed by atoms with Gasteiger partial charge in [0.05, 0.1) is 0 Å². The molecule has 0 N–H and O–H groups in total. The van der Waals surface area contributed by atoms with Gasteiger partial charge in [0.1, 0.15) is 16.9 Å². The molecule has 8 heteroatoms. The van der Waals surface area contributed by atoms with Gasteiger partial charge in [-0.15, -0.1) is 11.3 Å². The molecular weight excluding hydrogens is 320 g/mol. The van der Waals surface area contributed by atoms with Crippen LogP contribution in [0.25, 0.3) is 0 Å². The average molecular weight is 340 g/mol. The zero-order chi connectivity index (χ0) is 15.7. The summed E-state index contributed by atoms with van der Waals surface area (Å²) in [5.41, 5.74) is 1.04. The summed E-state index contributed by atoms with van der Waals surface area (Å²) >= 11 is 1.36. The van der Waals surface area contributed by atoms with Crippen molar-refractivity contribution in [1.29, 1.82) is 0 Å². The van der Waals surface area contributed by atoms with Crippen LogP contribution in [0.3, 0.4) is 0 Å². The smallest absolute Gasteiger partial charge is 0.252 e. The number of rotatable bonds is 4. The molecule has 2 aromatic rings. The van der Waals surface area contributed by atoms with Crippen molar-refractivity contribution >= 4 is 21.4 Å². The van der Waals surface area contributed by atoms with Crippen LogP contribution >= 0.6 is 11.3 Å². The first kappa shape index (κ1) is 15.6. The molecule has 0 unspecified atom stereocenters. The summed E-state index contributed by atoms with van der Waals surface area (Å²) < 4.78 is 29.5.